The molecule has 0 saturated heterocycles. The Morgan fingerprint density at radius 3 is 2.81 bits per heavy atom. The lowest BCUT2D eigenvalue weighted by Gasteiger charge is -2.12. The van der Waals surface area contributed by atoms with Gasteiger partial charge < -0.3 is 10.1 Å². The molecule has 0 amide bonds. The molecule has 0 unspecified atom stereocenters. The van der Waals surface area contributed by atoms with E-state index in [1.54, 1.807) is 7.11 Å². The van der Waals surface area contributed by atoms with Crippen LogP contribution in [0.15, 0.2) is 22.7 Å². The fraction of sp³-hybridized carbons (Fsp3) is 0.538. The molecule has 3 heteroatoms. The molecule has 0 spiro atoms. The lowest BCUT2D eigenvalue weighted by atomic mass is 10.1. The minimum atomic E-state index is 0.555. The van der Waals surface area contributed by atoms with Gasteiger partial charge in [-0.05, 0) is 36.5 Å². The summed E-state index contributed by atoms with van der Waals surface area (Å²) in [6, 6.07) is 6.12. The second kappa shape index (κ2) is 4.76. The van der Waals surface area contributed by atoms with E-state index in [0.29, 0.717) is 5.41 Å². The molecule has 1 aliphatic carbocycles. The molecule has 1 aromatic rings. The van der Waals surface area contributed by atoms with Crippen molar-refractivity contribution in [1.29, 1.82) is 0 Å². The second-order valence-corrected chi connectivity index (χ2v) is 5.79. The van der Waals surface area contributed by atoms with Gasteiger partial charge in [-0.1, -0.05) is 22.9 Å². The molecule has 16 heavy (non-hydrogen) atoms. The van der Waals surface area contributed by atoms with Crippen molar-refractivity contribution in [2.24, 2.45) is 5.41 Å². The predicted octanol–water partition coefficient (Wildman–Crippen LogP) is 3.35. The minimum Gasteiger partial charge on any atom is -0.496 e. The van der Waals surface area contributed by atoms with Crippen molar-refractivity contribution in [2.45, 2.75) is 26.3 Å². The molecule has 1 aromatic carbocycles. The Morgan fingerprint density at radius 2 is 2.19 bits per heavy atom. The molecule has 0 aromatic heterocycles. The van der Waals surface area contributed by atoms with E-state index in [9.17, 15) is 0 Å². The molecule has 1 N–H and O–H groups in total. The fourth-order valence-corrected chi connectivity index (χ4v) is 2.18. The number of ether oxygens (including phenoxy) is 1. The summed E-state index contributed by atoms with van der Waals surface area (Å²) in [6.45, 7) is 4.30. The van der Waals surface area contributed by atoms with E-state index in [4.69, 9.17) is 4.74 Å². The Balaban J connectivity index is 1.94. The molecule has 0 bridgehead atoms. The van der Waals surface area contributed by atoms with Crippen molar-refractivity contribution in [2.75, 3.05) is 13.7 Å². The van der Waals surface area contributed by atoms with Crippen LogP contribution in [0.3, 0.4) is 0 Å². The topological polar surface area (TPSA) is 21.3 Å². The maximum atomic E-state index is 5.34. The molecule has 1 aliphatic rings. The summed E-state index contributed by atoms with van der Waals surface area (Å²) in [5.41, 5.74) is 1.76. The molecule has 88 valence electrons. The fourth-order valence-electron chi connectivity index (χ4n) is 1.77. The van der Waals surface area contributed by atoms with Gasteiger partial charge in [-0.3, -0.25) is 0 Å². The Kier molecular flexibility index (Phi) is 3.55. The lowest BCUT2D eigenvalue weighted by Crippen LogP contribution is -2.21. The third-order valence-corrected chi connectivity index (χ3v) is 3.71. The average molecular weight is 284 g/mol. The highest BCUT2D eigenvalue weighted by Crippen LogP contribution is 2.44. The van der Waals surface area contributed by atoms with Gasteiger partial charge in [0.25, 0.3) is 0 Å². The van der Waals surface area contributed by atoms with E-state index >= 15 is 0 Å². The number of hydrogen-bond acceptors (Lipinski definition) is 2. The van der Waals surface area contributed by atoms with Gasteiger partial charge in [-0.15, -0.1) is 0 Å². The predicted molar refractivity (Wildman–Crippen MR) is 69.7 cm³/mol. The molecule has 2 rings (SSSR count). The summed E-state index contributed by atoms with van der Waals surface area (Å²) < 4.78 is 6.44. The van der Waals surface area contributed by atoms with Gasteiger partial charge in [0.2, 0.25) is 0 Å². The smallest absolute Gasteiger partial charge is 0.123 e. The van der Waals surface area contributed by atoms with Gasteiger partial charge in [-0.2, -0.15) is 0 Å². The number of halogens is 1. The molecule has 1 saturated carbocycles. The highest BCUT2D eigenvalue weighted by atomic mass is 79.9. The number of benzene rings is 1. The van der Waals surface area contributed by atoms with Crippen molar-refractivity contribution >= 4 is 15.9 Å². The molecule has 0 heterocycles. The third-order valence-electron chi connectivity index (χ3n) is 3.21. The average Bonchev–Trinajstić information content (AvgIpc) is 2.97. The highest BCUT2D eigenvalue weighted by Gasteiger charge is 2.36. The zero-order valence-corrected chi connectivity index (χ0v) is 11.4. The Labute approximate surface area is 106 Å². The van der Waals surface area contributed by atoms with Crippen LogP contribution in [0.2, 0.25) is 0 Å². The van der Waals surface area contributed by atoms with Gasteiger partial charge in [0.1, 0.15) is 5.75 Å². The van der Waals surface area contributed by atoms with Gasteiger partial charge >= 0.3 is 0 Å². The van der Waals surface area contributed by atoms with E-state index in [1.807, 2.05) is 12.1 Å². The monoisotopic (exact) mass is 283 g/mol. The second-order valence-electron chi connectivity index (χ2n) is 4.87. The normalized spacial score (nSPS) is 17.2. The maximum absolute atomic E-state index is 5.34. The summed E-state index contributed by atoms with van der Waals surface area (Å²) in [5.74, 6) is 0.955. The largest absolute Gasteiger partial charge is 0.496 e. The summed E-state index contributed by atoms with van der Waals surface area (Å²) in [7, 11) is 1.72. The molecule has 0 aliphatic heterocycles. The summed E-state index contributed by atoms with van der Waals surface area (Å²) in [5, 5.41) is 3.51. The molecular weight excluding hydrogens is 266 g/mol. The first kappa shape index (κ1) is 11.9. The maximum Gasteiger partial charge on any atom is 0.123 e. The van der Waals surface area contributed by atoms with Crippen LogP contribution in [0, 0.1) is 5.41 Å². The van der Waals surface area contributed by atoms with Crippen molar-refractivity contribution in [3.05, 3.63) is 28.2 Å². The number of nitrogens with one attached hydrogen (secondary N) is 1. The Morgan fingerprint density at radius 1 is 1.44 bits per heavy atom. The highest BCUT2D eigenvalue weighted by molar-refractivity contribution is 9.10. The third kappa shape index (κ3) is 2.98. The van der Waals surface area contributed by atoms with Crippen LogP contribution in [0.5, 0.6) is 5.75 Å². The van der Waals surface area contributed by atoms with Crippen molar-refractivity contribution in [3.8, 4) is 5.75 Å². The van der Waals surface area contributed by atoms with Crippen molar-refractivity contribution < 1.29 is 4.74 Å². The zero-order chi connectivity index (χ0) is 11.6. The summed E-state index contributed by atoms with van der Waals surface area (Å²) in [4.78, 5) is 0. The van der Waals surface area contributed by atoms with Crippen LogP contribution in [0.25, 0.3) is 0 Å². The van der Waals surface area contributed by atoms with Crippen molar-refractivity contribution in [1.82, 2.24) is 5.32 Å². The van der Waals surface area contributed by atoms with E-state index in [1.165, 1.54) is 18.4 Å². The van der Waals surface area contributed by atoms with Crippen LogP contribution in [0.1, 0.15) is 25.3 Å². The van der Waals surface area contributed by atoms with E-state index in [-0.39, 0.29) is 0 Å². The Bertz CT molecular complexity index is 374. The molecule has 0 atom stereocenters. The SMILES string of the molecule is COc1ccc(Br)cc1CNCC1(C)CC1. The van der Waals surface area contributed by atoms with Gasteiger partial charge in [-0.25, -0.2) is 0 Å². The molecule has 2 nitrogen and oxygen atoms in total. The van der Waals surface area contributed by atoms with Gasteiger partial charge in [0.15, 0.2) is 0 Å². The summed E-state index contributed by atoms with van der Waals surface area (Å²) in [6.07, 6.45) is 2.71. The number of hydrogen-bond donors (Lipinski definition) is 1. The minimum absolute atomic E-state index is 0.555. The van der Waals surface area contributed by atoms with Gasteiger partial charge in [0, 0.05) is 23.1 Å². The van der Waals surface area contributed by atoms with E-state index in [0.717, 1.165) is 23.3 Å². The van der Waals surface area contributed by atoms with Crippen molar-refractivity contribution in [3.63, 3.8) is 0 Å². The first-order valence-corrected chi connectivity index (χ1v) is 6.45. The Hall–Kier alpha value is -0.540. The quantitative estimate of drug-likeness (QED) is 0.895. The molecular formula is C13H18BrNO. The summed E-state index contributed by atoms with van der Waals surface area (Å²) >= 11 is 3.49. The first-order chi connectivity index (χ1) is 7.63. The number of rotatable bonds is 5. The number of methoxy groups -OCH3 is 1. The van der Waals surface area contributed by atoms with Crippen LogP contribution in [-0.4, -0.2) is 13.7 Å². The lowest BCUT2D eigenvalue weighted by molar-refractivity contribution is 0.405. The molecule has 1 fully saturated rings. The standard InChI is InChI=1S/C13H18BrNO/c1-13(5-6-13)9-15-8-10-7-11(14)3-4-12(10)16-2/h3-4,7,15H,5-6,8-9H2,1-2H3. The van der Waals surface area contributed by atoms with Crippen LogP contribution >= 0.6 is 15.9 Å². The van der Waals surface area contributed by atoms with E-state index < -0.39 is 0 Å². The first-order valence-electron chi connectivity index (χ1n) is 5.66. The van der Waals surface area contributed by atoms with Gasteiger partial charge in [0.05, 0.1) is 7.11 Å². The van der Waals surface area contributed by atoms with Crippen LogP contribution in [-0.2, 0) is 6.54 Å². The van der Waals surface area contributed by atoms with E-state index in [2.05, 4.69) is 34.2 Å². The van der Waals surface area contributed by atoms with Crippen LogP contribution < -0.4 is 10.1 Å². The van der Waals surface area contributed by atoms with Crippen LogP contribution in [0.4, 0.5) is 0 Å². The molecule has 0 radical (unpaired) electrons. The zero-order valence-electron chi connectivity index (χ0n) is 9.85.